The molecule has 31 heavy (non-hydrogen) atoms. The molecule has 2 aromatic rings. The Bertz CT molecular complexity index is 1060. The van der Waals surface area contributed by atoms with Gasteiger partial charge in [0.05, 0.1) is 23.0 Å². The third-order valence-corrected chi connectivity index (χ3v) is 6.79. The summed E-state index contributed by atoms with van der Waals surface area (Å²) in [7, 11) is -3.16. The zero-order chi connectivity index (χ0) is 22.4. The van der Waals surface area contributed by atoms with Crippen molar-refractivity contribution in [1.82, 2.24) is 4.90 Å². The largest absolute Gasteiger partial charge is 0.494 e. The molecule has 0 spiro atoms. The number of ether oxygens (including phenoxy) is 1. The Balaban J connectivity index is 1.78. The number of nitrogens with zero attached hydrogens (tertiary/aromatic N) is 2. The van der Waals surface area contributed by atoms with E-state index < -0.39 is 20.8 Å². The van der Waals surface area contributed by atoms with Gasteiger partial charge in [0.1, 0.15) is 5.75 Å². The molecule has 9 heteroatoms. The third-order valence-electron chi connectivity index (χ3n) is 5.04. The van der Waals surface area contributed by atoms with Crippen LogP contribution in [0.1, 0.15) is 24.5 Å². The van der Waals surface area contributed by atoms with Crippen molar-refractivity contribution in [3.05, 3.63) is 75.8 Å². The molecule has 164 valence electrons. The molecule has 1 fully saturated rings. The first-order valence-electron chi connectivity index (χ1n) is 9.92. The highest BCUT2D eigenvalue weighted by Crippen LogP contribution is 2.22. The molecule has 2 aromatic carbocycles. The molecule has 1 unspecified atom stereocenters. The van der Waals surface area contributed by atoms with Gasteiger partial charge < -0.3 is 9.64 Å². The van der Waals surface area contributed by atoms with Crippen LogP contribution in [0.5, 0.6) is 5.75 Å². The van der Waals surface area contributed by atoms with Crippen molar-refractivity contribution < 1.29 is 22.9 Å². The zero-order valence-corrected chi connectivity index (χ0v) is 18.0. The number of amides is 1. The maximum absolute atomic E-state index is 13.0. The van der Waals surface area contributed by atoms with E-state index in [9.17, 15) is 23.3 Å². The molecule has 0 N–H and O–H groups in total. The number of hydrogen-bond acceptors (Lipinski definition) is 6. The number of hydrogen-bond donors (Lipinski definition) is 0. The highest BCUT2D eigenvalue weighted by atomic mass is 32.2. The van der Waals surface area contributed by atoms with Gasteiger partial charge in [0, 0.05) is 30.8 Å². The van der Waals surface area contributed by atoms with Crippen LogP contribution in [-0.4, -0.2) is 48.3 Å². The predicted octanol–water partition coefficient (Wildman–Crippen LogP) is 3.22. The van der Waals surface area contributed by atoms with E-state index in [1.807, 2.05) is 31.2 Å². The number of sulfone groups is 1. The molecule has 3 rings (SSSR count). The first kappa shape index (κ1) is 22.5. The molecule has 0 aliphatic carbocycles. The summed E-state index contributed by atoms with van der Waals surface area (Å²) in [6.45, 7) is 2.72. The van der Waals surface area contributed by atoms with Gasteiger partial charge in [-0.15, -0.1) is 0 Å². The topological polar surface area (TPSA) is 107 Å². The van der Waals surface area contributed by atoms with Gasteiger partial charge in [0.2, 0.25) is 5.91 Å². The van der Waals surface area contributed by atoms with Crippen LogP contribution in [0.3, 0.4) is 0 Å². The second-order valence-electron chi connectivity index (χ2n) is 7.28. The zero-order valence-electron chi connectivity index (χ0n) is 17.1. The fraction of sp³-hybridized carbons (Fsp3) is 0.318. The van der Waals surface area contributed by atoms with Crippen LogP contribution in [0.15, 0.2) is 54.6 Å². The molecule has 0 radical (unpaired) electrons. The van der Waals surface area contributed by atoms with Gasteiger partial charge in [-0.3, -0.25) is 14.9 Å². The summed E-state index contributed by atoms with van der Waals surface area (Å²) in [5.74, 6) is 0.428. The molecule has 1 saturated heterocycles. The second kappa shape index (κ2) is 9.74. The van der Waals surface area contributed by atoms with E-state index in [0.29, 0.717) is 18.6 Å². The first-order valence-corrected chi connectivity index (χ1v) is 11.7. The fourth-order valence-electron chi connectivity index (χ4n) is 3.43. The summed E-state index contributed by atoms with van der Waals surface area (Å²) in [4.78, 5) is 24.8. The van der Waals surface area contributed by atoms with Gasteiger partial charge in [-0.2, -0.15) is 0 Å². The van der Waals surface area contributed by atoms with Crippen LogP contribution >= 0.6 is 0 Å². The van der Waals surface area contributed by atoms with Gasteiger partial charge in [-0.1, -0.05) is 12.1 Å². The van der Waals surface area contributed by atoms with Gasteiger partial charge in [0.25, 0.3) is 5.69 Å². The highest BCUT2D eigenvalue weighted by Gasteiger charge is 2.34. The lowest BCUT2D eigenvalue weighted by atomic mass is 10.1. The normalized spacial score (nSPS) is 17.5. The Morgan fingerprint density at radius 1 is 1.19 bits per heavy atom. The molecule has 1 amide bonds. The highest BCUT2D eigenvalue weighted by molar-refractivity contribution is 7.91. The van der Waals surface area contributed by atoms with Crippen LogP contribution in [-0.2, 0) is 21.2 Å². The van der Waals surface area contributed by atoms with Crippen molar-refractivity contribution in [3.63, 3.8) is 0 Å². The monoisotopic (exact) mass is 444 g/mol. The molecule has 1 aliphatic heterocycles. The summed E-state index contributed by atoms with van der Waals surface area (Å²) in [5, 5.41) is 10.8. The molecular formula is C22H24N2O6S. The Kier molecular flexibility index (Phi) is 7.06. The van der Waals surface area contributed by atoms with Crippen LogP contribution in [0.25, 0.3) is 6.08 Å². The van der Waals surface area contributed by atoms with Crippen molar-refractivity contribution >= 4 is 27.5 Å². The van der Waals surface area contributed by atoms with E-state index in [0.717, 1.165) is 11.3 Å². The van der Waals surface area contributed by atoms with E-state index in [2.05, 4.69) is 0 Å². The number of rotatable bonds is 8. The Hall–Kier alpha value is -3.20. The molecule has 8 nitrogen and oxygen atoms in total. The summed E-state index contributed by atoms with van der Waals surface area (Å²) in [6, 6.07) is 12.8. The van der Waals surface area contributed by atoms with Crippen molar-refractivity contribution in [3.8, 4) is 5.75 Å². The van der Waals surface area contributed by atoms with E-state index >= 15 is 0 Å². The van der Waals surface area contributed by atoms with Gasteiger partial charge in [-0.05, 0) is 54.8 Å². The molecule has 0 aromatic heterocycles. The molecule has 1 atom stereocenters. The quantitative estimate of drug-likeness (QED) is 0.352. The Labute approximate surface area is 181 Å². The summed E-state index contributed by atoms with van der Waals surface area (Å²) >= 11 is 0. The molecule has 1 aliphatic rings. The minimum Gasteiger partial charge on any atom is -0.494 e. The Morgan fingerprint density at radius 2 is 1.87 bits per heavy atom. The lowest BCUT2D eigenvalue weighted by Crippen LogP contribution is -2.39. The molecule has 0 saturated carbocycles. The minimum absolute atomic E-state index is 0.0308. The number of nitro benzene ring substituents is 1. The van der Waals surface area contributed by atoms with Crippen molar-refractivity contribution in [2.45, 2.75) is 25.9 Å². The summed E-state index contributed by atoms with van der Waals surface area (Å²) in [6.07, 6.45) is 3.35. The Morgan fingerprint density at radius 3 is 2.42 bits per heavy atom. The van der Waals surface area contributed by atoms with E-state index in [4.69, 9.17) is 4.74 Å². The van der Waals surface area contributed by atoms with Crippen molar-refractivity contribution in [2.75, 3.05) is 18.1 Å². The minimum atomic E-state index is -3.16. The average Bonchev–Trinajstić information content (AvgIpc) is 3.11. The van der Waals surface area contributed by atoms with Crippen molar-refractivity contribution in [1.29, 1.82) is 0 Å². The van der Waals surface area contributed by atoms with E-state index in [1.54, 1.807) is 23.1 Å². The van der Waals surface area contributed by atoms with E-state index in [1.165, 1.54) is 18.2 Å². The first-order chi connectivity index (χ1) is 14.8. The maximum Gasteiger partial charge on any atom is 0.269 e. The third kappa shape index (κ3) is 6.14. The number of non-ortho nitro benzene ring substituents is 1. The average molecular weight is 445 g/mol. The predicted molar refractivity (Wildman–Crippen MR) is 117 cm³/mol. The number of benzene rings is 2. The SMILES string of the molecule is CCOc1ccc(CN(C(=O)/C=C/c2ccc([N+](=O)[O-])cc2)C2CCS(=O)(=O)C2)cc1. The van der Waals surface area contributed by atoms with Crippen LogP contribution < -0.4 is 4.74 Å². The number of carbonyl (C=O) groups is 1. The van der Waals surface area contributed by atoms with Crippen LogP contribution in [0, 0.1) is 10.1 Å². The van der Waals surface area contributed by atoms with Crippen LogP contribution in [0.4, 0.5) is 5.69 Å². The lowest BCUT2D eigenvalue weighted by Gasteiger charge is -2.27. The lowest BCUT2D eigenvalue weighted by molar-refractivity contribution is -0.384. The second-order valence-corrected chi connectivity index (χ2v) is 9.51. The van der Waals surface area contributed by atoms with Crippen molar-refractivity contribution in [2.24, 2.45) is 0 Å². The smallest absolute Gasteiger partial charge is 0.269 e. The fourth-order valence-corrected chi connectivity index (χ4v) is 5.16. The molecule has 0 bridgehead atoms. The van der Waals surface area contributed by atoms with Crippen LogP contribution in [0.2, 0.25) is 0 Å². The molecular weight excluding hydrogens is 420 g/mol. The standard InChI is InChI=1S/C22H24N2O6S/c1-2-30-21-10-5-18(6-11-21)15-23(20-13-14-31(28,29)16-20)22(25)12-7-17-3-8-19(9-4-17)24(26)27/h3-12,20H,2,13-16H2,1H3/b12-7+. The number of carbonyl (C=O) groups excluding carboxylic acids is 1. The van der Waals surface area contributed by atoms with Gasteiger partial charge in [0.15, 0.2) is 9.84 Å². The number of nitro groups is 1. The van der Waals surface area contributed by atoms with E-state index in [-0.39, 0.29) is 29.6 Å². The summed E-state index contributed by atoms with van der Waals surface area (Å²) < 4.78 is 29.4. The van der Waals surface area contributed by atoms with Gasteiger partial charge in [-0.25, -0.2) is 8.42 Å². The molecule has 1 heterocycles. The summed E-state index contributed by atoms with van der Waals surface area (Å²) in [5.41, 5.74) is 1.47. The maximum atomic E-state index is 13.0. The van der Waals surface area contributed by atoms with Gasteiger partial charge >= 0.3 is 0 Å².